The molecule has 4 aromatic carbocycles. The topological polar surface area (TPSA) is 113 Å². The van der Waals surface area contributed by atoms with Crippen LogP contribution in [0.15, 0.2) is 102 Å². The first-order chi connectivity index (χ1) is 21.8. The van der Waals surface area contributed by atoms with Gasteiger partial charge in [0.05, 0.1) is 25.6 Å². The number of thiocarbonyl (C=S) groups is 1. The number of aryl methyl sites for hydroxylation is 1. The number of anilines is 2. The summed E-state index contributed by atoms with van der Waals surface area (Å²) in [6.45, 7) is 1.91. The zero-order chi connectivity index (χ0) is 31.9. The van der Waals surface area contributed by atoms with Crippen LogP contribution in [-0.2, 0) is 9.59 Å². The summed E-state index contributed by atoms with van der Waals surface area (Å²) < 4.78 is 10.6. The van der Waals surface area contributed by atoms with Gasteiger partial charge >= 0.3 is 0 Å². The molecular weight excluding hydrogens is 590 g/mol. The number of nitrogens with one attached hydrogen (secondary N) is 2. The number of hydrogen-bond acceptors (Lipinski definition) is 8. The van der Waals surface area contributed by atoms with Crippen molar-refractivity contribution in [1.29, 1.82) is 0 Å². The highest BCUT2D eigenvalue weighted by Crippen LogP contribution is 2.27. The Balaban J connectivity index is 1.37. The molecule has 1 fully saturated rings. The number of carbonyl (C=O) groups is 3. The monoisotopic (exact) mass is 621 g/mol. The minimum absolute atomic E-state index is 0.0109. The fourth-order valence-electron chi connectivity index (χ4n) is 4.72. The van der Waals surface area contributed by atoms with Gasteiger partial charge in [-0.05, 0) is 91.4 Å². The molecule has 1 saturated heterocycles. The van der Waals surface area contributed by atoms with E-state index in [4.69, 9.17) is 21.7 Å². The second-order valence-corrected chi connectivity index (χ2v) is 10.4. The molecule has 0 bridgehead atoms. The van der Waals surface area contributed by atoms with Gasteiger partial charge in [-0.25, -0.2) is 0 Å². The summed E-state index contributed by atoms with van der Waals surface area (Å²) >= 11 is 5.60. The summed E-state index contributed by atoms with van der Waals surface area (Å²) in [5, 5.41) is 3.99. The molecule has 228 valence electrons. The van der Waals surface area contributed by atoms with Crippen LogP contribution in [0.1, 0.15) is 21.5 Å². The van der Waals surface area contributed by atoms with Gasteiger partial charge in [0.1, 0.15) is 17.4 Å². The largest absolute Gasteiger partial charge is 0.497 e. The number of para-hydroxylation sites is 2. The van der Waals surface area contributed by atoms with Gasteiger partial charge in [0.25, 0.3) is 11.8 Å². The maximum Gasteiger partial charge on any atom is 0.270 e. The number of hydrazine groups is 1. The summed E-state index contributed by atoms with van der Waals surface area (Å²) in [7, 11) is 3.13. The van der Waals surface area contributed by atoms with Crippen molar-refractivity contribution < 1.29 is 23.9 Å². The summed E-state index contributed by atoms with van der Waals surface area (Å²) in [4.78, 5) is 46.5. The van der Waals surface area contributed by atoms with Crippen molar-refractivity contribution in [1.82, 2.24) is 10.4 Å². The molecule has 45 heavy (non-hydrogen) atoms. The van der Waals surface area contributed by atoms with Gasteiger partial charge in [0, 0.05) is 29.6 Å². The molecule has 1 unspecified atom stereocenters. The molecule has 3 amide bonds. The highest BCUT2D eigenvalue weighted by atomic mass is 32.1. The van der Waals surface area contributed by atoms with Crippen molar-refractivity contribution >= 4 is 58.3 Å². The van der Waals surface area contributed by atoms with Crippen molar-refractivity contribution in [3.8, 4) is 11.5 Å². The smallest absolute Gasteiger partial charge is 0.270 e. The minimum atomic E-state index is -1.18. The summed E-state index contributed by atoms with van der Waals surface area (Å²) in [6.07, 6.45) is 1.68. The first-order valence-corrected chi connectivity index (χ1v) is 14.4. The zero-order valence-electron chi connectivity index (χ0n) is 24.9. The fraction of sp³-hybridized carbons (Fsp3) is 0.147. The third-order valence-corrected chi connectivity index (χ3v) is 7.59. The van der Waals surface area contributed by atoms with Crippen LogP contribution >= 0.6 is 12.2 Å². The number of ether oxygens (including phenoxy) is 2. The van der Waals surface area contributed by atoms with Crippen molar-refractivity contribution in [2.75, 3.05) is 31.0 Å². The quantitative estimate of drug-likeness (QED) is 0.141. The number of rotatable bonds is 10. The average Bonchev–Trinajstić information content (AvgIpc) is 3.07. The van der Waals surface area contributed by atoms with Crippen LogP contribution in [0, 0.1) is 12.8 Å². The molecule has 5 rings (SSSR count). The van der Waals surface area contributed by atoms with E-state index in [1.54, 1.807) is 61.9 Å². The normalized spacial score (nSPS) is 14.9. The standard InChI is InChI=1S/C34H31N5O5S/c1-22-8-4-6-10-29(22)36-21-28-32(41)38(26-16-18-27(43-2)19-17-26)34(45)39(33(28)42)37-31(40)23-12-14-25(15-13-23)35-20-24-9-5-7-11-30(24)44-3/h4-20,28,36H,21H2,1-3H3,(H,37,40). The van der Waals surface area contributed by atoms with Gasteiger partial charge in [-0.3, -0.25) is 29.7 Å². The Morgan fingerprint density at radius 2 is 1.58 bits per heavy atom. The number of aliphatic imine (C=N–C) groups is 1. The van der Waals surface area contributed by atoms with Crippen LogP contribution in [0.3, 0.4) is 0 Å². The summed E-state index contributed by atoms with van der Waals surface area (Å²) in [6, 6.07) is 28.3. The molecular formula is C34H31N5O5S. The number of hydrogen-bond donors (Lipinski definition) is 2. The van der Waals surface area contributed by atoms with Crippen LogP contribution in [0.4, 0.5) is 17.1 Å². The molecule has 0 spiro atoms. The third-order valence-electron chi connectivity index (χ3n) is 7.23. The molecule has 0 aromatic heterocycles. The van der Waals surface area contributed by atoms with Gasteiger partial charge < -0.3 is 14.8 Å². The van der Waals surface area contributed by atoms with Crippen LogP contribution in [0.25, 0.3) is 0 Å². The molecule has 0 radical (unpaired) electrons. The van der Waals surface area contributed by atoms with E-state index >= 15 is 0 Å². The van der Waals surface area contributed by atoms with Crippen LogP contribution in [0.2, 0.25) is 0 Å². The Labute approximate surface area is 266 Å². The van der Waals surface area contributed by atoms with E-state index in [9.17, 15) is 14.4 Å². The van der Waals surface area contributed by atoms with E-state index in [1.165, 1.54) is 12.0 Å². The van der Waals surface area contributed by atoms with Crippen molar-refractivity contribution in [3.63, 3.8) is 0 Å². The predicted octanol–water partition coefficient (Wildman–Crippen LogP) is 5.30. The molecule has 1 aliphatic rings. The van der Waals surface area contributed by atoms with Crippen LogP contribution in [0.5, 0.6) is 11.5 Å². The summed E-state index contributed by atoms with van der Waals surface area (Å²) in [5.41, 5.74) is 6.46. The van der Waals surface area contributed by atoms with Gasteiger partial charge in [-0.15, -0.1) is 0 Å². The van der Waals surface area contributed by atoms with Gasteiger partial charge in [-0.1, -0.05) is 30.3 Å². The molecule has 1 heterocycles. The zero-order valence-corrected chi connectivity index (χ0v) is 25.7. The Hall–Kier alpha value is -5.55. The summed E-state index contributed by atoms with van der Waals surface area (Å²) in [5.74, 6) is -1.65. The Kier molecular flexibility index (Phi) is 9.49. The number of amides is 3. The SMILES string of the molecule is COc1ccc(N2C(=O)C(CNc3ccccc3C)C(=O)N(NC(=O)c3ccc(N=Cc4ccccc4OC)cc3)C2=S)cc1. The Bertz CT molecular complexity index is 1760. The van der Waals surface area contributed by atoms with Crippen LogP contribution < -0.4 is 25.1 Å². The van der Waals surface area contributed by atoms with Crippen molar-refractivity contribution in [3.05, 3.63) is 114 Å². The average molecular weight is 622 g/mol. The van der Waals surface area contributed by atoms with Crippen molar-refractivity contribution in [2.45, 2.75) is 6.92 Å². The molecule has 1 aliphatic heterocycles. The molecule has 11 heteroatoms. The van der Waals surface area contributed by atoms with Crippen molar-refractivity contribution in [2.24, 2.45) is 10.9 Å². The van der Waals surface area contributed by atoms with E-state index in [1.807, 2.05) is 55.5 Å². The van der Waals surface area contributed by atoms with E-state index in [0.29, 0.717) is 22.9 Å². The molecule has 2 N–H and O–H groups in total. The second-order valence-electron chi connectivity index (χ2n) is 10.1. The number of methoxy groups -OCH3 is 2. The molecule has 10 nitrogen and oxygen atoms in total. The first-order valence-electron chi connectivity index (χ1n) is 14.0. The lowest BCUT2D eigenvalue weighted by Crippen LogP contribution is -2.65. The van der Waals surface area contributed by atoms with E-state index in [-0.39, 0.29) is 17.2 Å². The number of carbonyl (C=O) groups excluding carboxylic acids is 3. The van der Waals surface area contributed by atoms with E-state index in [0.717, 1.165) is 21.8 Å². The van der Waals surface area contributed by atoms with E-state index < -0.39 is 23.6 Å². The molecule has 0 aliphatic carbocycles. The van der Waals surface area contributed by atoms with E-state index in [2.05, 4.69) is 15.7 Å². The second kappa shape index (κ2) is 13.8. The van der Waals surface area contributed by atoms with Gasteiger partial charge in [0.15, 0.2) is 0 Å². The first kappa shape index (κ1) is 30.9. The van der Waals surface area contributed by atoms with Gasteiger partial charge in [0.2, 0.25) is 11.0 Å². The third kappa shape index (κ3) is 6.84. The fourth-order valence-corrected chi connectivity index (χ4v) is 5.05. The van der Waals surface area contributed by atoms with Crippen LogP contribution in [-0.4, -0.2) is 54.8 Å². The molecule has 1 atom stereocenters. The predicted molar refractivity (Wildman–Crippen MR) is 177 cm³/mol. The Morgan fingerprint density at radius 1 is 0.889 bits per heavy atom. The highest BCUT2D eigenvalue weighted by molar-refractivity contribution is 7.80. The maximum absolute atomic E-state index is 13.7. The molecule has 0 saturated carbocycles. The van der Waals surface area contributed by atoms with Gasteiger partial charge in [-0.2, -0.15) is 5.01 Å². The number of benzene rings is 4. The maximum atomic E-state index is 13.7. The lowest BCUT2D eigenvalue weighted by Gasteiger charge is -2.39. The Morgan fingerprint density at radius 3 is 2.27 bits per heavy atom. The lowest BCUT2D eigenvalue weighted by atomic mass is 10.0. The number of nitrogens with zero attached hydrogens (tertiary/aromatic N) is 3. The molecule has 4 aromatic rings. The minimum Gasteiger partial charge on any atom is -0.497 e. The lowest BCUT2D eigenvalue weighted by molar-refractivity contribution is -0.140. The highest BCUT2D eigenvalue weighted by Gasteiger charge is 2.45.